The summed E-state index contributed by atoms with van der Waals surface area (Å²) in [4.78, 5) is 5.26. The van der Waals surface area contributed by atoms with Crippen LogP contribution in [-0.4, -0.2) is 48.1 Å². The van der Waals surface area contributed by atoms with Crippen LogP contribution in [-0.2, 0) is 0 Å². The molecule has 2 nitrogen and oxygen atoms in total. The molecule has 1 aliphatic heterocycles. The molecular formula is C14H30N2. The van der Waals surface area contributed by atoms with E-state index in [0.29, 0.717) is 12.1 Å². The van der Waals surface area contributed by atoms with Gasteiger partial charge in [0.25, 0.3) is 0 Å². The van der Waals surface area contributed by atoms with Crippen molar-refractivity contribution in [2.45, 2.75) is 71.5 Å². The van der Waals surface area contributed by atoms with Gasteiger partial charge < -0.3 is 0 Å². The molecule has 0 aliphatic carbocycles. The normalized spacial score (nSPS) is 28.9. The van der Waals surface area contributed by atoms with E-state index in [1.165, 1.54) is 38.8 Å². The molecule has 0 bridgehead atoms. The third-order valence-electron chi connectivity index (χ3n) is 4.15. The highest BCUT2D eigenvalue weighted by atomic mass is 15.3. The van der Waals surface area contributed by atoms with Gasteiger partial charge in [0.15, 0.2) is 0 Å². The van der Waals surface area contributed by atoms with Crippen LogP contribution >= 0.6 is 0 Å². The third kappa shape index (κ3) is 3.46. The number of piperazine rings is 1. The highest BCUT2D eigenvalue weighted by Crippen LogP contribution is 2.20. The first-order chi connectivity index (χ1) is 7.60. The van der Waals surface area contributed by atoms with E-state index in [4.69, 9.17) is 0 Å². The van der Waals surface area contributed by atoms with Gasteiger partial charge >= 0.3 is 0 Å². The molecule has 0 saturated carbocycles. The van der Waals surface area contributed by atoms with Crippen molar-refractivity contribution in [3.05, 3.63) is 0 Å². The van der Waals surface area contributed by atoms with Crippen molar-refractivity contribution in [1.29, 1.82) is 0 Å². The van der Waals surface area contributed by atoms with Gasteiger partial charge in [0.2, 0.25) is 0 Å². The van der Waals surface area contributed by atoms with Crippen LogP contribution in [0.15, 0.2) is 0 Å². The topological polar surface area (TPSA) is 6.48 Å². The lowest BCUT2D eigenvalue weighted by Gasteiger charge is -2.45. The molecule has 1 rings (SSSR count). The average molecular weight is 226 g/mol. The molecule has 0 aromatic rings. The molecule has 0 aromatic heterocycles. The lowest BCUT2D eigenvalue weighted by molar-refractivity contribution is 0.0284. The summed E-state index contributed by atoms with van der Waals surface area (Å²) < 4.78 is 0. The maximum Gasteiger partial charge on any atom is 0.0195 e. The molecule has 0 radical (unpaired) electrons. The SMILES string of the molecule is CCCC(CCC)N1CC(C)N(C)C(C)C1. The molecule has 2 unspecified atom stereocenters. The van der Waals surface area contributed by atoms with Crippen LogP contribution in [0, 0.1) is 0 Å². The summed E-state index contributed by atoms with van der Waals surface area (Å²) in [5.74, 6) is 0. The maximum atomic E-state index is 2.74. The van der Waals surface area contributed by atoms with Crippen molar-refractivity contribution in [1.82, 2.24) is 9.80 Å². The fourth-order valence-electron chi connectivity index (χ4n) is 2.92. The van der Waals surface area contributed by atoms with E-state index in [1.54, 1.807) is 0 Å². The molecule has 2 heteroatoms. The van der Waals surface area contributed by atoms with Crippen LogP contribution < -0.4 is 0 Å². The number of hydrogen-bond acceptors (Lipinski definition) is 2. The molecule has 0 N–H and O–H groups in total. The smallest absolute Gasteiger partial charge is 0.0195 e. The lowest BCUT2D eigenvalue weighted by Crippen LogP contribution is -2.57. The van der Waals surface area contributed by atoms with Crippen LogP contribution in [0.4, 0.5) is 0 Å². The van der Waals surface area contributed by atoms with Gasteiger partial charge in [-0.25, -0.2) is 0 Å². The molecule has 0 aromatic carbocycles. The predicted molar refractivity (Wildman–Crippen MR) is 71.9 cm³/mol. The molecule has 1 fully saturated rings. The van der Waals surface area contributed by atoms with Crippen LogP contribution in [0.25, 0.3) is 0 Å². The zero-order valence-electron chi connectivity index (χ0n) is 11.9. The van der Waals surface area contributed by atoms with Crippen molar-refractivity contribution in [3.8, 4) is 0 Å². The fourth-order valence-corrected chi connectivity index (χ4v) is 2.92. The van der Waals surface area contributed by atoms with Crippen LogP contribution in [0.3, 0.4) is 0 Å². The van der Waals surface area contributed by atoms with E-state index in [-0.39, 0.29) is 0 Å². The Balaban J connectivity index is 2.56. The Labute approximate surface area is 102 Å². The van der Waals surface area contributed by atoms with E-state index in [1.807, 2.05) is 0 Å². The second-order valence-corrected chi connectivity index (χ2v) is 5.55. The summed E-state index contributed by atoms with van der Waals surface area (Å²) in [5.41, 5.74) is 0. The van der Waals surface area contributed by atoms with Crippen molar-refractivity contribution >= 4 is 0 Å². The Morgan fingerprint density at radius 2 is 1.44 bits per heavy atom. The van der Waals surface area contributed by atoms with Gasteiger partial charge in [-0.2, -0.15) is 0 Å². The van der Waals surface area contributed by atoms with Gasteiger partial charge in [0, 0.05) is 31.2 Å². The van der Waals surface area contributed by atoms with Gasteiger partial charge in [0.1, 0.15) is 0 Å². The van der Waals surface area contributed by atoms with Crippen molar-refractivity contribution < 1.29 is 0 Å². The molecule has 16 heavy (non-hydrogen) atoms. The third-order valence-corrected chi connectivity index (χ3v) is 4.15. The van der Waals surface area contributed by atoms with Crippen LogP contribution in [0.1, 0.15) is 53.4 Å². The van der Waals surface area contributed by atoms with Gasteiger partial charge in [-0.05, 0) is 33.7 Å². The monoisotopic (exact) mass is 226 g/mol. The van der Waals surface area contributed by atoms with E-state index < -0.39 is 0 Å². The summed E-state index contributed by atoms with van der Waals surface area (Å²) in [5, 5.41) is 0. The first-order valence-corrected chi connectivity index (χ1v) is 7.06. The van der Waals surface area contributed by atoms with Crippen molar-refractivity contribution in [3.63, 3.8) is 0 Å². The average Bonchev–Trinajstić information content (AvgIpc) is 2.25. The summed E-state index contributed by atoms with van der Waals surface area (Å²) in [6.07, 6.45) is 5.38. The van der Waals surface area contributed by atoms with E-state index in [9.17, 15) is 0 Å². The Bertz CT molecular complexity index is 175. The highest BCUT2D eigenvalue weighted by Gasteiger charge is 2.29. The summed E-state index contributed by atoms with van der Waals surface area (Å²) in [7, 11) is 2.27. The molecule has 0 amide bonds. The largest absolute Gasteiger partial charge is 0.298 e. The first kappa shape index (κ1) is 14.0. The zero-order chi connectivity index (χ0) is 12.1. The summed E-state index contributed by atoms with van der Waals surface area (Å²) in [6, 6.07) is 2.24. The van der Waals surface area contributed by atoms with Crippen LogP contribution in [0.2, 0.25) is 0 Å². The van der Waals surface area contributed by atoms with Gasteiger partial charge in [-0.3, -0.25) is 9.80 Å². The van der Waals surface area contributed by atoms with Gasteiger partial charge in [0.05, 0.1) is 0 Å². The number of nitrogens with zero attached hydrogens (tertiary/aromatic N) is 2. The Morgan fingerprint density at radius 1 is 1.00 bits per heavy atom. The van der Waals surface area contributed by atoms with Crippen LogP contribution in [0.5, 0.6) is 0 Å². The molecular weight excluding hydrogens is 196 g/mol. The minimum Gasteiger partial charge on any atom is -0.298 e. The fraction of sp³-hybridized carbons (Fsp3) is 1.00. The first-order valence-electron chi connectivity index (χ1n) is 7.06. The summed E-state index contributed by atoms with van der Waals surface area (Å²) >= 11 is 0. The molecule has 1 aliphatic rings. The zero-order valence-corrected chi connectivity index (χ0v) is 11.9. The molecule has 1 saturated heterocycles. The number of hydrogen-bond donors (Lipinski definition) is 0. The molecule has 2 atom stereocenters. The standard InChI is InChI=1S/C14H30N2/c1-6-8-14(9-7-2)16-10-12(3)15(5)13(4)11-16/h12-14H,6-11H2,1-5H3. The minimum atomic E-state index is 0.708. The maximum absolute atomic E-state index is 2.74. The van der Waals surface area contributed by atoms with E-state index >= 15 is 0 Å². The molecule has 1 heterocycles. The van der Waals surface area contributed by atoms with Crippen molar-refractivity contribution in [2.75, 3.05) is 20.1 Å². The Hall–Kier alpha value is -0.0800. The van der Waals surface area contributed by atoms with Gasteiger partial charge in [-0.1, -0.05) is 26.7 Å². The highest BCUT2D eigenvalue weighted by molar-refractivity contribution is 4.86. The Morgan fingerprint density at radius 3 is 1.81 bits per heavy atom. The van der Waals surface area contributed by atoms with Gasteiger partial charge in [-0.15, -0.1) is 0 Å². The quantitative estimate of drug-likeness (QED) is 0.711. The van der Waals surface area contributed by atoms with Crippen molar-refractivity contribution in [2.24, 2.45) is 0 Å². The number of likely N-dealkylation sites (N-methyl/N-ethyl adjacent to an activating group) is 1. The summed E-state index contributed by atoms with van der Waals surface area (Å²) in [6.45, 7) is 11.9. The predicted octanol–water partition coefficient (Wildman–Crippen LogP) is 2.98. The van der Waals surface area contributed by atoms with E-state index in [0.717, 1.165) is 6.04 Å². The lowest BCUT2D eigenvalue weighted by atomic mass is 10.0. The molecule has 96 valence electrons. The number of rotatable bonds is 5. The Kier molecular flexibility index (Phi) is 5.77. The second-order valence-electron chi connectivity index (χ2n) is 5.55. The second kappa shape index (κ2) is 6.61. The van der Waals surface area contributed by atoms with E-state index in [2.05, 4.69) is 44.5 Å². The molecule has 0 spiro atoms. The minimum absolute atomic E-state index is 0.708.